The Hall–Kier alpha value is -3.52. The summed E-state index contributed by atoms with van der Waals surface area (Å²) in [5.41, 5.74) is 2.11. The minimum atomic E-state index is -1.09. The average molecular weight is 377 g/mol. The van der Waals surface area contributed by atoms with Gasteiger partial charge in [0.15, 0.2) is 0 Å². The van der Waals surface area contributed by atoms with Gasteiger partial charge in [-0.3, -0.25) is 4.79 Å². The number of ether oxygens (including phenoxy) is 1. The topological polar surface area (TPSA) is 75.6 Å². The Bertz CT molecular complexity index is 935. The molecule has 0 radical (unpaired) electrons. The Kier molecular flexibility index (Phi) is 7.86. The fraction of sp³-hybridized carbons (Fsp3) is 0.217. The SMILES string of the molecule is CCC#CCCOc1ccc(/C=C/C(=O)Nc2ccccc2C(=O)O)cc1C. The summed E-state index contributed by atoms with van der Waals surface area (Å²) < 4.78 is 5.72. The highest BCUT2D eigenvalue weighted by Gasteiger charge is 2.10. The van der Waals surface area contributed by atoms with Gasteiger partial charge < -0.3 is 15.2 Å². The highest BCUT2D eigenvalue weighted by molar-refractivity contribution is 6.06. The van der Waals surface area contributed by atoms with Crippen molar-refractivity contribution < 1.29 is 19.4 Å². The summed E-state index contributed by atoms with van der Waals surface area (Å²) in [6, 6.07) is 11.9. The molecule has 0 atom stereocenters. The third-order valence-corrected chi connectivity index (χ3v) is 3.83. The van der Waals surface area contributed by atoms with Gasteiger partial charge in [-0.2, -0.15) is 0 Å². The second kappa shape index (κ2) is 10.6. The van der Waals surface area contributed by atoms with Crippen LogP contribution in [0.15, 0.2) is 48.5 Å². The summed E-state index contributed by atoms with van der Waals surface area (Å²) >= 11 is 0. The van der Waals surface area contributed by atoms with Gasteiger partial charge in [0.1, 0.15) is 5.75 Å². The van der Waals surface area contributed by atoms with Crippen molar-refractivity contribution in [1.82, 2.24) is 0 Å². The van der Waals surface area contributed by atoms with E-state index in [9.17, 15) is 9.59 Å². The molecule has 0 aliphatic heterocycles. The Morgan fingerprint density at radius 3 is 2.68 bits per heavy atom. The third-order valence-electron chi connectivity index (χ3n) is 3.83. The predicted octanol–water partition coefficient (Wildman–Crippen LogP) is 4.53. The van der Waals surface area contributed by atoms with Crippen molar-refractivity contribution in [3.8, 4) is 17.6 Å². The number of aryl methyl sites for hydroxylation is 1. The van der Waals surface area contributed by atoms with Crippen LogP contribution >= 0.6 is 0 Å². The van der Waals surface area contributed by atoms with E-state index in [1.807, 2.05) is 32.0 Å². The number of carbonyl (C=O) groups excluding carboxylic acids is 1. The number of para-hydroxylation sites is 1. The number of carboxylic acid groups (broad SMARTS) is 1. The molecule has 0 aromatic heterocycles. The number of hydrogen-bond donors (Lipinski definition) is 2. The lowest BCUT2D eigenvalue weighted by atomic mass is 10.1. The lowest BCUT2D eigenvalue weighted by molar-refractivity contribution is -0.111. The number of aromatic carboxylic acids is 1. The average Bonchev–Trinajstić information content (AvgIpc) is 2.68. The molecule has 0 saturated heterocycles. The molecule has 0 unspecified atom stereocenters. The molecule has 0 saturated carbocycles. The summed E-state index contributed by atoms with van der Waals surface area (Å²) in [6.07, 6.45) is 4.57. The molecule has 2 aromatic rings. The molecule has 0 spiro atoms. The number of amides is 1. The molecule has 1 amide bonds. The largest absolute Gasteiger partial charge is 0.492 e. The molecular weight excluding hydrogens is 354 g/mol. The van der Waals surface area contributed by atoms with E-state index in [0.717, 1.165) is 23.3 Å². The number of anilines is 1. The van der Waals surface area contributed by atoms with E-state index in [-0.39, 0.29) is 11.3 Å². The van der Waals surface area contributed by atoms with E-state index in [0.29, 0.717) is 13.0 Å². The van der Waals surface area contributed by atoms with Gasteiger partial charge in [0.2, 0.25) is 5.91 Å². The van der Waals surface area contributed by atoms with E-state index in [1.54, 1.807) is 24.3 Å². The summed E-state index contributed by atoms with van der Waals surface area (Å²) in [5.74, 6) is 5.33. The first-order valence-corrected chi connectivity index (χ1v) is 9.01. The van der Waals surface area contributed by atoms with E-state index in [4.69, 9.17) is 9.84 Å². The molecule has 0 fully saturated rings. The van der Waals surface area contributed by atoms with Crippen LogP contribution in [0.1, 0.15) is 41.3 Å². The monoisotopic (exact) mass is 377 g/mol. The Labute approximate surface area is 165 Å². The fourth-order valence-electron chi connectivity index (χ4n) is 2.49. The lowest BCUT2D eigenvalue weighted by Crippen LogP contribution is -2.11. The van der Waals surface area contributed by atoms with Gasteiger partial charge in [0.25, 0.3) is 0 Å². The van der Waals surface area contributed by atoms with Gasteiger partial charge >= 0.3 is 5.97 Å². The zero-order valence-electron chi connectivity index (χ0n) is 16.0. The molecule has 2 aromatic carbocycles. The number of carboxylic acids is 1. The lowest BCUT2D eigenvalue weighted by Gasteiger charge is -2.08. The van der Waals surface area contributed by atoms with E-state index < -0.39 is 11.9 Å². The number of hydrogen-bond acceptors (Lipinski definition) is 3. The minimum absolute atomic E-state index is 0.0465. The maximum atomic E-state index is 12.1. The molecule has 0 heterocycles. The van der Waals surface area contributed by atoms with Crippen molar-refractivity contribution in [3.05, 3.63) is 65.2 Å². The van der Waals surface area contributed by atoms with Gasteiger partial charge in [-0.25, -0.2) is 4.79 Å². The number of carbonyl (C=O) groups is 2. The van der Waals surface area contributed by atoms with Crippen LogP contribution in [0.3, 0.4) is 0 Å². The maximum absolute atomic E-state index is 12.1. The van der Waals surface area contributed by atoms with Gasteiger partial charge in [0, 0.05) is 18.9 Å². The van der Waals surface area contributed by atoms with Crippen molar-refractivity contribution >= 4 is 23.6 Å². The number of nitrogens with one attached hydrogen (secondary N) is 1. The van der Waals surface area contributed by atoms with E-state index in [1.165, 1.54) is 12.1 Å². The first-order valence-electron chi connectivity index (χ1n) is 9.01. The molecule has 0 aliphatic carbocycles. The second-order valence-electron chi connectivity index (χ2n) is 6.00. The summed E-state index contributed by atoms with van der Waals surface area (Å²) in [6.45, 7) is 4.48. The van der Waals surface area contributed by atoms with Crippen LogP contribution in [0.5, 0.6) is 5.75 Å². The van der Waals surface area contributed by atoms with Crippen LogP contribution in [0, 0.1) is 18.8 Å². The van der Waals surface area contributed by atoms with Crippen LogP contribution in [-0.2, 0) is 4.79 Å². The molecule has 0 aliphatic rings. The van der Waals surface area contributed by atoms with Gasteiger partial charge in [0.05, 0.1) is 17.9 Å². The first kappa shape index (κ1) is 20.8. The van der Waals surface area contributed by atoms with Crippen molar-refractivity contribution in [2.24, 2.45) is 0 Å². The van der Waals surface area contributed by atoms with Crippen molar-refractivity contribution in [2.45, 2.75) is 26.7 Å². The standard InChI is InChI=1S/C23H23NO4/c1-3-4-5-8-15-28-21-13-11-18(16-17(21)2)12-14-22(25)24-20-10-7-6-9-19(20)23(26)27/h6-7,9-14,16H,3,8,15H2,1-2H3,(H,24,25)(H,26,27)/b14-12+. The minimum Gasteiger partial charge on any atom is -0.492 e. The molecular formula is C23H23NO4. The molecule has 5 nitrogen and oxygen atoms in total. The smallest absolute Gasteiger partial charge is 0.337 e. The Balaban J connectivity index is 1.97. The molecule has 0 bridgehead atoms. The highest BCUT2D eigenvalue weighted by Crippen LogP contribution is 2.20. The molecule has 144 valence electrons. The van der Waals surface area contributed by atoms with Crippen LogP contribution in [0.2, 0.25) is 0 Å². The van der Waals surface area contributed by atoms with Crippen molar-refractivity contribution in [2.75, 3.05) is 11.9 Å². The van der Waals surface area contributed by atoms with Gasteiger partial charge in [-0.05, 0) is 48.4 Å². The zero-order valence-corrected chi connectivity index (χ0v) is 16.0. The number of rotatable bonds is 7. The fourth-order valence-corrected chi connectivity index (χ4v) is 2.49. The maximum Gasteiger partial charge on any atom is 0.337 e. The molecule has 2 N–H and O–H groups in total. The van der Waals surface area contributed by atoms with Crippen LogP contribution in [-0.4, -0.2) is 23.6 Å². The Morgan fingerprint density at radius 2 is 1.96 bits per heavy atom. The molecule has 2 rings (SSSR count). The van der Waals surface area contributed by atoms with Gasteiger partial charge in [-0.15, -0.1) is 5.92 Å². The predicted molar refractivity (Wildman–Crippen MR) is 110 cm³/mol. The normalized spacial score (nSPS) is 10.2. The van der Waals surface area contributed by atoms with E-state index >= 15 is 0 Å². The molecule has 28 heavy (non-hydrogen) atoms. The van der Waals surface area contributed by atoms with Crippen molar-refractivity contribution in [3.63, 3.8) is 0 Å². The van der Waals surface area contributed by atoms with Crippen LogP contribution in [0.4, 0.5) is 5.69 Å². The van der Waals surface area contributed by atoms with Crippen molar-refractivity contribution in [1.29, 1.82) is 0 Å². The number of benzene rings is 2. The third kappa shape index (κ3) is 6.33. The Morgan fingerprint density at radius 1 is 1.18 bits per heavy atom. The molecule has 5 heteroatoms. The van der Waals surface area contributed by atoms with E-state index in [2.05, 4.69) is 17.2 Å². The first-order chi connectivity index (χ1) is 13.5. The van der Waals surface area contributed by atoms with Crippen LogP contribution in [0.25, 0.3) is 6.08 Å². The summed E-state index contributed by atoms with van der Waals surface area (Å²) in [4.78, 5) is 23.3. The second-order valence-corrected chi connectivity index (χ2v) is 6.00. The van der Waals surface area contributed by atoms with Crippen LogP contribution < -0.4 is 10.1 Å². The summed E-state index contributed by atoms with van der Waals surface area (Å²) in [5, 5.41) is 11.7. The quantitative estimate of drug-likeness (QED) is 0.422. The highest BCUT2D eigenvalue weighted by atomic mass is 16.5. The zero-order chi connectivity index (χ0) is 20.4. The van der Waals surface area contributed by atoms with Gasteiger partial charge in [-0.1, -0.05) is 31.0 Å². The summed E-state index contributed by atoms with van der Waals surface area (Å²) in [7, 11) is 0.